The van der Waals surface area contributed by atoms with Gasteiger partial charge >= 0.3 is 6.03 Å². The summed E-state index contributed by atoms with van der Waals surface area (Å²) in [6.07, 6.45) is 6.21. The summed E-state index contributed by atoms with van der Waals surface area (Å²) in [5.74, 6) is 1.26. The molecule has 0 spiro atoms. The molecule has 1 fully saturated rings. The van der Waals surface area contributed by atoms with Crippen LogP contribution >= 0.6 is 0 Å². The standard InChI is InChI=1S/C21H23N5O/c1-25-19(24-18-6-3-10-22-20(18)25)16-9-11-26(13-16)21(27)23-17-8-7-14-4-2-5-15(14)12-17/h3,6-8,10,12,16H,2,4-5,9,11,13H2,1H3,(H,23,27). The molecule has 138 valence electrons. The van der Waals surface area contributed by atoms with Crippen molar-refractivity contribution < 1.29 is 4.79 Å². The number of benzene rings is 1. The van der Waals surface area contributed by atoms with E-state index in [1.54, 1.807) is 6.20 Å². The number of urea groups is 1. The van der Waals surface area contributed by atoms with Gasteiger partial charge in [-0.25, -0.2) is 14.8 Å². The number of pyridine rings is 1. The summed E-state index contributed by atoms with van der Waals surface area (Å²) in [4.78, 5) is 23.8. The molecule has 1 saturated heterocycles. The number of carbonyl (C=O) groups excluding carboxylic acids is 1. The first-order chi connectivity index (χ1) is 13.2. The van der Waals surface area contributed by atoms with Gasteiger partial charge < -0.3 is 14.8 Å². The Kier molecular flexibility index (Phi) is 3.85. The lowest BCUT2D eigenvalue weighted by atomic mass is 10.1. The van der Waals surface area contributed by atoms with Crippen molar-refractivity contribution in [3.63, 3.8) is 0 Å². The first-order valence-electron chi connectivity index (χ1n) is 9.64. The molecule has 2 aromatic heterocycles. The van der Waals surface area contributed by atoms with Crippen molar-refractivity contribution in [1.82, 2.24) is 19.4 Å². The summed E-state index contributed by atoms with van der Waals surface area (Å²) in [7, 11) is 2.00. The van der Waals surface area contributed by atoms with Gasteiger partial charge in [-0.2, -0.15) is 0 Å². The molecule has 3 aromatic rings. The average Bonchev–Trinajstić information content (AvgIpc) is 3.40. The zero-order chi connectivity index (χ0) is 18.4. The van der Waals surface area contributed by atoms with Crippen molar-refractivity contribution in [3.05, 3.63) is 53.5 Å². The average molecular weight is 361 g/mol. The molecule has 1 aliphatic heterocycles. The molecule has 27 heavy (non-hydrogen) atoms. The lowest BCUT2D eigenvalue weighted by Gasteiger charge is -2.18. The fourth-order valence-electron chi connectivity index (χ4n) is 4.41. The topological polar surface area (TPSA) is 63.1 Å². The number of imidazole rings is 1. The van der Waals surface area contributed by atoms with Crippen molar-refractivity contribution in [2.24, 2.45) is 7.05 Å². The number of nitrogens with zero attached hydrogens (tertiary/aromatic N) is 4. The first kappa shape index (κ1) is 16.3. The number of nitrogens with one attached hydrogen (secondary N) is 1. The van der Waals surface area contributed by atoms with Crippen LogP contribution in [-0.2, 0) is 19.9 Å². The zero-order valence-corrected chi connectivity index (χ0v) is 15.5. The molecule has 3 heterocycles. The second-order valence-corrected chi connectivity index (χ2v) is 7.57. The van der Waals surface area contributed by atoms with Gasteiger partial charge in [0.25, 0.3) is 0 Å². The number of fused-ring (bicyclic) bond motifs is 2. The summed E-state index contributed by atoms with van der Waals surface area (Å²) < 4.78 is 2.06. The molecule has 0 saturated carbocycles. The van der Waals surface area contributed by atoms with E-state index in [-0.39, 0.29) is 11.9 Å². The Labute approximate surface area is 158 Å². The lowest BCUT2D eigenvalue weighted by Crippen LogP contribution is -2.33. The van der Waals surface area contributed by atoms with Crippen LogP contribution < -0.4 is 5.32 Å². The van der Waals surface area contributed by atoms with E-state index < -0.39 is 0 Å². The van der Waals surface area contributed by atoms with Crippen molar-refractivity contribution >= 4 is 22.9 Å². The van der Waals surface area contributed by atoms with Crippen molar-refractivity contribution in [2.45, 2.75) is 31.6 Å². The monoisotopic (exact) mass is 361 g/mol. The van der Waals surface area contributed by atoms with Gasteiger partial charge in [0, 0.05) is 37.9 Å². The van der Waals surface area contributed by atoms with Crippen molar-refractivity contribution in [3.8, 4) is 0 Å². The van der Waals surface area contributed by atoms with Gasteiger partial charge in [0.2, 0.25) is 0 Å². The molecule has 1 unspecified atom stereocenters. The van der Waals surface area contributed by atoms with E-state index in [1.165, 1.54) is 17.5 Å². The zero-order valence-electron chi connectivity index (χ0n) is 15.5. The molecule has 6 heteroatoms. The maximum Gasteiger partial charge on any atom is 0.321 e. The van der Waals surface area contributed by atoms with Crippen LogP contribution in [0.5, 0.6) is 0 Å². The van der Waals surface area contributed by atoms with E-state index in [0.717, 1.165) is 48.5 Å². The molecular formula is C21H23N5O. The predicted octanol–water partition coefficient (Wildman–Crippen LogP) is 3.48. The van der Waals surface area contributed by atoms with Crippen molar-refractivity contribution in [2.75, 3.05) is 18.4 Å². The van der Waals surface area contributed by atoms with Crippen LogP contribution in [0.3, 0.4) is 0 Å². The van der Waals surface area contributed by atoms with Crippen LogP contribution in [0.25, 0.3) is 11.2 Å². The SMILES string of the molecule is Cn1c(C2CCN(C(=O)Nc3ccc4c(c3)CCC4)C2)nc2cccnc21. The molecule has 2 aliphatic rings. The first-order valence-corrected chi connectivity index (χ1v) is 9.64. The molecule has 0 radical (unpaired) electrons. The molecular weight excluding hydrogens is 338 g/mol. The Bertz CT molecular complexity index is 1020. The van der Waals surface area contributed by atoms with E-state index in [1.807, 2.05) is 30.1 Å². The summed E-state index contributed by atoms with van der Waals surface area (Å²) in [5.41, 5.74) is 5.50. The summed E-state index contributed by atoms with van der Waals surface area (Å²) in [5, 5.41) is 3.07. The number of hydrogen-bond donors (Lipinski definition) is 1. The highest BCUT2D eigenvalue weighted by atomic mass is 16.2. The van der Waals surface area contributed by atoms with Gasteiger partial charge in [-0.3, -0.25) is 0 Å². The van der Waals surface area contributed by atoms with E-state index in [2.05, 4.69) is 27.0 Å². The number of anilines is 1. The minimum absolute atomic E-state index is 0.0210. The fourth-order valence-corrected chi connectivity index (χ4v) is 4.41. The van der Waals surface area contributed by atoms with Crippen molar-refractivity contribution in [1.29, 1.82) is 0 Å². The number of aryl methyl sites for hydroxylation is 3. The maximum atomic E-state index is 12.7. The summed E-state index contributed by atoms with van der Waals surface area (Å²) in [6, 6.07) is 10.2. The molecule has 1 aromatic carbocycles. The Balaban J connectivity index is 1.30. The minimum Gasteiger partial charge on any atom is -0.324 e. The smallest absolute Gasteiger partial charge is 0.321 e. The number of aromatic nitrogens is 3. The minimum atomic E-state index is -0.0210. The molecule has 2 amide bonds. The summed E-state index contributed by atoms with van der Waals surface area (Å²) >= 11 is 0. The highest BCUT2D eigenvalue weighted by molar-refractivity contribution is 5.89. The third-order valence-corrected chi connectivity index (χ3v) is 5.85. The van der Waals surface area contributed by atoms with Gasteiger partial charge in [-0.05, 0) is 61.1 Å². The number of carbonyl (C=O) groups is 1. The lowest BCUT2D eigenvalue weighted by molar-refractivity contribution is 0.222. The Morgan fingerprint density at radius 2 is 2.11 bits per heavy atom. The maximum absolute atomic E-state index is 12.7. The van der Waals surface area contributed by atoms with Crippen LogP contribution in [0.1, 0.15) is 35.7 Å². The normalized spacial score (nSPS) is 18.9. The largest absolute Gasteiger partial charge is 0.324 e. The number of rotatable bonds is 2. The third kappa shape index (κ3) is 2.85. The quantitative estimate of drug-likeness (QED) is 0.760. The molecule has 1 atom stereocenters. The second-order valence-electron chi connectivity index (χ2n) is 7.57. The van der Waals surface area contributed by atoms with Crippen LogP contribution in [-0.4, -0.2) is 38.6 Å². The predicted molar refractivity (Wildman–Crippen MR) is 105 cm³/mol. The molecule has 6 nitrogen and oxygen atoms in total. The Hall–Kier alpha value is -2.89. The fraction of sp³-hybridized carbons (Fsp3) is 0.381. The van der Waals surface area contributed by atoms with E-state index in [9.17, 15) is 4.79 Å². The van der Waals surface area contributed by atoms with Crippen LogP contribution in [0, 0.1) is 0 Å². The summed E-state index contributed by atoms with van der Waals surface area (Å²) in [6.45, 7) is 1.44. The molecule has 1 aliphatic carbocycles. The Morgan fingerprint density at radius 3 is 3.00 bits per heavy atom. The number of amides is 2. The number of likely N-dealkylation sites (tertiary alicyclic amines) is 1. The van der Waals surface area contributed by atoms with Gasteiger partial charge in [0.05, 0.1) is 0 Å². The second kappa shape index (κ2) is 6.37. The van der Waals surface area contributed by atoms with E-state index in [0.29, 0.717) is 6.54 Å². The molecule has 5 rings (SSSR count). The van der Waals surface area contributed by atoms with E-state index >= 15 is 0 Å². The number of hydrogen-bond acceptors (Lipinski definition) is 3. The van der Waals surface area contributed by atoms with Crippen LogP contribution in [0.2, 0.25) is 0 Å². The third-order valence-electron chi connectivity index (χ3n) is 5.85. The van der Waals surface area contributed by atoms with E-state index in [4.69, 9.17) is 4.98 Å². The molecule has 0 bridgehead atoms. The van der Waals surface area contributed by atoms with Crippen LogP contribution in [0.15, 0.2) is 36.5 Å². The van der Waals surface area contributed by atoms with Gasteiger partial charge in [0.15, 0.2) is 5.65 Å². The molecule has 1 N–H and O–H groups in total. The van der Waals surface area contributed by atoms with Gasteiger partial charge in [-0.1, -0.05) is 6.07 Å². The Morgan fingerprint density at radius 1 is 1.22 bits per heavy atom. The van der Waals surface area contributed by atoms with Crippen LogP contribution in [0.4, 0.5) is 10.5 Å². The highest BCUT2D eigenvalue weighted by Crippen LogP contribution is 2.29. The highest BCUT2D eigenvalue weighted by Gasteiger charge is 2.30. The van der Waals surface area contributed by atoms with Gasteiger partial charge in [-0.15, -0.1) is 0 Å². The van der Waals surface area contributed by atoms with Gasteiger partial charge in [0.1, 0.15) is 11.3 Å².